The average Bonchev–Trinajstić information content (AvgIpc) is 2.55. The van der Waals surface area contributed by atoms with Gasteiger partial charge in [-0.05, 0) is 24.3 Å². The summed E-state index contributed by atoms with van der Waals surface area (Å²) >= 11 is 5.20. The Bertz CT molecular complexity index is 717. The van der Waals surface area contributed by atoms with Gasteiger partial charge in [-0.2, -0.15) is 0 Å². The van der Waals surface area contributed by atoms with E-state index in [2.05, 4.69) is 16.0 Å². The Hall–Kier alpha value is -2.93. The standard InChI is InChI=1S/C16H16N4O2S/c1-17-15(18-12-8-4-2-5-9-12)14(20(21)22)16(23)19-13-10-6-3-7-11-13/h2-11,17-18H,1H3,(H,19,23)/b15-14-. The van der Waals surface area contributed by atoms with Crippen molar-refractivity contribution >= 4 is 28.6 Å². The van der Waals surface area contributed by atoms with Gasteiger partial charge in [0.05, 0.1) is 4.92 Å². The van der Waals surface area contributed by atoms with Crippen molar-refractivity contribution in [2.24, 2.45) is 0 Å². The molecule has 0 atom stereocenters. The lowest BCUT2D eigenvalue weighted by molar-refractivity contribution is -0.416. The molecule has 0 unspecified atom stereocenters. The molecule has 3 N–H and O–H groups in total. The molecule has 0 fully saturated rings. The van der Waals surface area contributed by atoms with Gasteiger partial charge >= 0.3 is 5.70 Å². The minimum Gasteiger partial charge on any atom is -0.369 e. The van der Waals surface area contributed by atoms with E-state index >= 15 is 0 Å². The van der Waals surface area contributed by atoms with Gasteiger partial charge in [-0.15, -0.1) is 0 Å². The van der Waals surface area contributed by atoms with Crippen molar-refractivity contribution in [3.8, 4) is 0 Å². The highest BCUT2D eigenvalue weighted by Gasteiger charge is 2.24. The SMILES string of the molecule is CN/C(Nc1ccccc1)=C(\C(=S)Nc1ccccc1)[N+](=O)[O-]. The Kier molecular flexibility index (Phi) is 5.65. The molecule has 6 nitrogen and oxygen atoms in total. The maximum Gasteiger partial charge on any atom is 0.343 e. The van der Waals surface area contributed by atoms with Crippen molar-refractivity contribution in [2.45, 2.75) is 0 Å². The van der Waals surface area contributed by atoms with Crippen molar-refractivity contribution in [1.82, 2.24) is 5.32 Å². The van der Waals surface area contributed by atoms with Crippen LogP contribution in [0.4, 0.5) is 11.4 Å². The van der Waals surface area contributed by atoms with E-state index in [4.69, 9.17) is 12.2 Å². The summed E-state index contributed by atoms with van der Waals surface area (Å²) in [6, 6.07) is 18.2. The van der Waals surface area contributed by atoms with Gasteiger partial charge in [0.25, 0.3) is 0 Å². The van der Waals surface area contributed by atoms with Crippen molar-refractivity contribution in [2.75, 3.05) is 17.7 Å². The molecule has 0 spiro atoms. The first kappa shape index (κ1) is 16.4. The van der Waals surface area contributed by atoms with E-state index < -0.39 is 4.92 Å². The smallest absolute Gasteiger partial charge is 0.343 e. The van der Waals surface area contributed by atoms with Gasteiger partial charge in [-0.1, -0.05) is 48.6 Å². The number of rotatable bonds is 6. The minimum absolute atomic E-state index is 0.0222. The third-order valence-electron chi connectivity index (χ3n) is 2.96. The van der Waals surface area contributed by atoms with Crippen LogP contribution >= 0.6 is 12.2 Å². The third kappa shape index (κ3) is 4.52. The topological polar surface area (TPSA) is 79.2 Å². The quantitative estimate of drug-likeness (QED) is 0.327. The summed E-state index contributed by atoms with van der Waals surface area (Å²) < 4.78 is 0. The first-order valence-electron chi connectivity index (χ1n) is 6.86. The summed E-state index contributed by atoms with van der Waals surface area (Å²) in [6.07, 6.45) is 0. The number of benzene rings is 2. The van der Waals surface area contributed by atoms with Gasteiger partial charge in [-0.25, -0.2) is 0 Å². The van der Waals surface area contributed by atoms with E-state index in [0.29, 0.717) is 5.69 Å². The number of hydrogen-bond donors (Lipinski definition) is 3. The van der Waals surface area contributed by atoms with Crippen LogP contribution in [0.3, 0.4) is 0 Å². The zero-order valence-electron chi connectivity index (χ0n) is 12.4. The van der Waals surface area contributed by atoms with E-state index in [-0.39, 0.29) is 16.5 Å². The molecular formula is C16H16N4O2S. The maximum atomic E-state index is 11.5. The van der Waals surface area contributed by atoms with E-state index in [1.807, 2.05) is 48.5 Å². The van der Waals surface area contributed by atoms with Crippen LogP contribution in [0.2, 0.25) is 0 Å². The number of nitro groups is 1. The number of anilines is 2. The lowest BCUT2D eigenvalue weighted by Crippen LogP contribution is -2.27. The number of hydrogen-bond acceptors (Lipinski definition) is 5. The van der Waals surface area contributed by atoms with Crippen LogP contribution in [0.5, 0.6) is 0 Å². The van der Waals surface area contributed by atoms with Crippen LogP contribution in [0, 0.1) is 10.1 Å². The predicted molar refractivity (Wildman–Crippen MR) is 95.8 cm³/mol. The second kappa shape index (κ2) is 7.90. The third-order valence-corrected chi connectivity index (χ3v) is 3.25. The fraction of sp³-hybridized carbons (Fsp3) is 0.0625. The molecule has 118 valence electrons. The molecule has 0 aliphatic heterocycles. The summed E-state index contributed by atoms with van der Waals surface area (Å²) in [6.45, 7) is 0. The van der Waals surface area contributed by atoms with Crippen molar-refractivity contribution in [3.63, 3.8) is 0 Å². The molecule has 7 heteroatoms. The fourth-order valence-electron chi connectivity index (χ4n) is 1.91. The van der Waals surface area contributed by atoms with Crippen molar-refractivity contribution in [1.29, 1.82) is 0 Å². The molecule has 0 saturated carbocycles. The highest BCUT2D eigenvalue weighted by Crippen LogP contribution is 2.14. The molecule has 0 aliphatic carbocycles. The molecule has 0 heterocycles. The zero-order chi connectivity index (χ0) is 16.7. The van der Waals surface area contributed by atoms with Crippen LogP contribution in [-0.2, 0) is 0 Å². The Morgan fingerprint density at radius 1 is 0.957 bits per heavy atom. The Morgan fingerprint density at radius 3 is 1.87 bits per heavy atom. The van der Waals surface area contributed by atoms with E-state index in [9.17, 15) is 10.1 Å². The first-order chi connectivity index (χ1) is 11.1. The summed E-state index contributed by atoms with van der Waals surface area (Å²) in [5.74, 6) is 0.217. The molecule has 0 aromatic heterocycles. The Balaban J connectivity index is 2.29. The predicted octanol–water partition coefficient (Wildman–Crippen LogP) is 3.20. The van der Waals surface area contributed by atoms with E-state index in [1.54, 1.807) is 19.2 Å². The van der Waals surface area contributed by atoms with Crippen LogP contribution in [-0.4, -0.2) is 17.0 Å². The lowest BCUT2D eigenvalue weighted by atomic mass is 10.3. The largest absolute Gasteiger partial charge is 0.369 e. The van der Waals surface area contributed by atoms with Crippen LogP contribution in [0.1, 0.15) is 0 Å². The van der Waals surface area contributed by atoms with Gasteiger partial charge in [0.2, 0.25) is 0 Å². The molecule has 0 aliphatic rings. The number of para-hydroxylation sites is 2. The van der Waals surface area contributed by atoms with E-state index in [1.165, 1.54) is 0 Å². The van der Waals surface area contributed by atoms with Crippen LogP contribution in [0.25, 0.3) is 0 Å². The number of thiocarbonyl (C=S) groups is 1. The van der Waals surface area contributed by atoms with Gasteiger partial charge < -0.3 is 16.0 Å². The van der Waals surface area contributed by atoms with Gasteiger partial charge in [0.15, 0.2) is 10.8 Å². The second-order valence-electron chi connectivity index (χ2n) is 4.54. The van der Waals surface area contributed by atoms with Crippen molar-refractivity contribution in [3.05, 3.63) is 82.3 Å². The first-order valence-corrected chi connectivity index (χ1v) is 7.27. The normalized spacial score (nSPS) is 11.2. The molecule has 2 rings (SSSR count). The summed E-state index contributed by atoms with van der Waals surface area (Å²) in [5, 5.41) is 20.1. The van der Waals surface area contributed by atoms with Gasteiger partial charge in [0, 0.05) is 18.4 Å². The Labute approximate surface area is 139 Å². The molecule has 0 bridgehead atoms. The molecule has 0 amide bonds. The summed E-state index contributed by atoms with van der Waals surface area (Å²) in [7, 11) is 1.60. The number of nitrogens with zero attached hydrogens (tertiary/aromatic N) is 1. The van der Waals surface area contributed by atoms with Crippen LogP contribution in [0.15, 0.2) is 72.2 Å². The summed E-state index contributed by atoms with van der Waals surface area (Å²) in [4.78, 5) is 11.0. The monoisotopic (exact) mass is 328 g/mol. The molecule has 0 radical (unpaired) electrons. The minimum atomic E-state index is -0.514. The Morgan fingerprint density at radius 2 is 1.43 bits per heavy atom. The van der Waals surface area contributed by atoms with E-state index in [0.717, 1.165) is 5.69 Å². The highest BCUT2D eigenvalue weighted by molar-refractivity contribution is 7.81. The molecule has 0 saturated heterocycles. The second-order valence-corrected chi connectivity index (χ2v) is 4.95. The fourth-order valence-corrected chi connectivity index (χ4v) is 2.20. The molecule has 2 aromatic carbocycles. The molecule has 23 heavy (non-hydrogen) atoms. The van der Waals surface area contributed by atoms with Crippen LogP contribution < -0.4 is 16.0 Å². The highest BCUT2D eigenvalue weighted by atomic mass is 32.1. The van der Waals surface area contributed by atoms with Crippen molar-refractivity contribution < 1.29 is 4.92 Å². The maximum absolute atomic E-state index is 11.5. The van der Waals surface area contributed by atoms with Gasteiger partial charge in [-0.3, -0.25) is 10.1 Å². The zero-order valence-corrected chi connectivity index (χ0v) is 13.3. The average molecular weight is 328 g/mol. The summed E-state index contributed by atoms with van der Waals surface area (Å²) in [5.41, 5.74) is 1.18. The lowest BCUT2D eigenvalue weighted by Gasteiger charge is -2.13. The molecule has 2 aromatic rings. The van der Waals surface area contributed by atoms with Gasteiger partial charge in [0.1, 0.15) is 0 Å². The number of nitrogens with one attached hydrogen (secondary N) is 3. The molecular weight excluding hydrogens is 312 g/mol.